The van der Waals surface area contributed by atoms with Crippen LogP contribution in [0.15, 0.2) is 43.0 Å². The van der Waals surface area contributed by atoms with E-state index in [1.165, 1.54) is 0 Å². The van der Waals surface area contributed by atoms with Crippen molar-refractivity contribution in [1.29, 1.82) is 0 Å². The van der Waals surface area contributed by atoms with E-state index in [4.69, 9.17) is 4.52 Å². The van der Waals surface area contributed by atoms with E-state index in [-0.39, 0.29) is 18.2 Å². The Hall–Kier alpha value is -0.890. The monoisotopic (exact) mass is 279 g/mol. The van der Waals surface area contributed by atoms with E-state index in [1.54, 1.807) is 6.08 Å². The smallest absolute Gasteiger partial charge is 0.277 e. The fourth-order valence-corrected chi connectivity index (χ4v) is 5.58. The van der Waals surface area contributed by atoms with Gasteiger partial charge in [0.1, 0.15) is 6.10 Å². The number of benzene rings is 1. The summed E-state index contributed by atoms with van der Waals surface area (Å²) in [5.74, 6) is 0. The molecule has 19 heavy (non-hydrogen) atoms. The van der Waals surface area contributed by atoms with Gasteiger partial charge in [0.2, 0.25) is 0 Å². The van der Waals surface area contributed by atoms with Crippen LogP contribution < -0.4 is 0 Å². The average molecular weight is 279 g/mol. The van der Waals surface area contributed by atoms with Crippen LogP contribution in [0.4, 0.5) is 0 Å². The lowest BCUT2D eigenvalue weighted by atomic mass is 10.0. The Labute approximate surface area is 115 Å². The number of hydrogen-bond acceptors (Lipinski definition) is 2. The summed E-state index contributed by atoms with van der Waals surface area (Å²) < 4.78 is 21.0. The van der Waals surface area contributed by atoms with Gasteiger partial charge in [-0.05, 0) is 26.3 Å². The van der Waals surface area contributed by atoms with Crippen LogP contribution in [0.3, 0.4) is 0 Å². The Bertz CT molecular complexity index is 486. The molecule has 0 amide bonds. The van der Waals surface area contributed by atoms with Crippen molar-refractivity contribution in [3.63, 3.8) is 0 Å². The molecule has 1 heterocycles. The minimum Gasteiger partial charge on any atom is -0.307 e. The van der Waals surface area contributed by atoms with Gasteiger partial charge in [-0.15, -0.1) is 6.58 Å². The molecule has 4 heteroatoms. The normalized spacial score (nSPS) is 31.8. The van der Waals surface area contributed by atoms with Crippen molar-refractivity contribution in [3.05, 3.63) is 48.6 Å². The minimum absolute atomic E-state index is 0.105. The molecule has 1 saturated heterocycles. The standard InChI is InChI=1S/C15H22NO2P/c1-5-11-19(17)16(12(2)3)13(4)15(18-19)14-9-7-6-8-10-14/h5-10,12-13,15H,1,11H2,2-4H3/t13?,15-,19-/m0/s1. The van der Waals surface area contributed by atoms with Crippen LogP contribution in [0.1, 0.15) is 32.4 Å². The summed E-state index contributed by atoms with van der Waals surface area (Å²) in [7, 11) is -2.80. The zero-order valence-electron chi connectivity index (χ0n) is 11.8. The van der Waals surface area contributed by atoms with Crippen LogP contribution >= 0.6 is 7.52 Å². The second kappa shape index (κ2) is 5.62. The first-order valence-corrected chi connectivity index (χ1v) is 8.48. The molecule has 1 aromatic carbocycles. The van der Waals surface area contributed by atoms with E-state index in [1.807, 2.05) is 35.0 Å². The lowest BCUT2D eigenvalue weighted by molar-refractivity contribution is 0.197. The summed E-state index contributed by atoms with van der Waals surface area (Å²) in [4.78, 5) is 0. The number of allylic oxidation sites excluding steroid dienone is 1. The van der Waals surface area contributed by atoms with Crippen LogP contribution in [-0.4, -0.2) is 22.9 Å². The third kappa shape index (κ3) is 2.69. The first-order valence-electron chi connectivity index (χ1n) is 6.71. The Morgan fingerprint density at radius 2 is 2.05 bits per heavy atom. The van der Waals surface area contributed by atoms with E-state index in [9.17, 15) is 4.57 Å². The molecule has 0 aliphatic carbocycles. The number of hydrogen-bond donors (Lipinski definition) is 0. The Morgan fingerprint density at radius 3 is 2.58 bits per heavy atom. The highest BCUT2D eigenvalue weighted by Gasteiger charge is 2.48. The predicted octanol–water partition coefficient (Wildman–Crippen LogP) is 4.24. The van der Waals surface area contributed by atoms with Gasteiger partial charge >= 0.3 is 0 Å². The molecule has 0 spiro atoms. The molecule has 3 nitrogen and oxygen atoms in total. The fraction of sp³-hybridized carbons (Fsp3) is 0.467. The van der Waals surface area contributed by atoms with Crippen molar-refractivity contribution >= 4 is 7.52 Å². The van der Waals surface area contributed by atoms with Crippen LogP contribution in [-0.2, 0) is 9.09 Å². The Kier molecular flexibility index (Phi) is 4.29. The first kappa shape index (κ1) is 14.5. The quantitative estimate of drug-likeness (QED) is 0.610. The largest absolute Gasteiger partial charge is 0.307 e. The van der Waals surface area contributed by atoms with E-state index < -0.39 is 7.52 Å². The maximum absolute atomic E-state index is 13.0. The molecule has 0 saturated carbocycles. The van der Waals surface area contributed by atoms with Crippen LogP contribution in [0, 0.1) is 0 Å². The highest BCUT2D eigenvalue weighted by molar-refractivity contribution is 7.57. The van der Waals surface area contributed by atoms with Gasteiger partial charge in [-0.3, -0.25) is 4.57 Å². The molecule has 1 aliphatic rings. The summed E-state index contributed by atoms with van der Waals surface area (Å²) in [5.41, 5.74) is 1.09. The van der Waals surface area contributed by atoms with Crippen molar-refractivity contribution < 1.29 is 9.09 Å². The lowest BCUT2D eigenvalue weighted by Gasteiger charge is -2.29. The van der Waals surface area contributed by atoms with Crippen molar-refractivity contribution in [3.8, 4) is 0 Å². The molecule has 104 valence electrons. The van der Waals surface area contributed by atoms with Gasteiger partial charge in [-0.1, -0.05) is 36.4 Å². The molecule has 0 radical (unpaired) electrons. The van der Waals surface area contributed by atoms with Gasteiger partial charge in [0.05, 0.1) is 6.16 Å². The zero-order chi connectivity index (χ0) is 14.0. The first-order chi connectivity index (χ1) is 8.99. The Morgan fingerprint density at radius 1 is 1.42 bits per heavy atom. The van der Waals surface area contributed by atoms with Gasteiger partial charge in [0.15, 0.2) is 0 Å². The molecule has 1 fully saturated rings. The highest BCUT2D eigenvalue weighted by atomic mass is 31.2. The van der Waals surface area contributed by atoms with Crippen LogP contribution in [0.2, 0.25) is 0 Å². The third-order valence-corrected chi connectivity index (χ3v) is 6.31. The van der Waals surface area contributed by atoms with Crippen molar-refractivity contribution in [2.24, 2.45) is 0 Å². The van der Waals surface area contributed by atoms with E-state index in [0.29, 0.717) is 6.16 Å². The molecular formula is C15H22NO2P. The number of nitrogens with zero attached hydrogens (tertiary/aromatic N) is 1. The minimum atomic E-state index is -2.80. The van der Waals surface area contributed by atoms with Gasteiger partial charge < -0.3 is 4.52 Å². The van der Waals surface area contributed by atoms with E-state index in [0.717, 1.165) is 5.56 Å². The summed E-state index contributed by atoms with van der Waals surface area (Å²) in [6.07, 6.45) is 1.96. The summed E-state index contributed by atoms with van der Waals surface area (Å²) in [6, 6.07) is 10.3. The average Bonchev–Trinajstić information content (AvgIpc) is 2.62. The van der Waals surface area contributed by atoms with Gasteiger partial charge in [-0.25, -0.2) is 4.67 Å². The summed E-state index contributed by atoms with van der Waals surface area (Å²) in [6.45, 7) is 9.91. The van der Waals surface area contributed by atoms with E-state index in [2.05, 4.69) is 27.4 Å². The van der Waals surface area contributed by atoms with Gasteiger partial charge in [0.25, 0.3) is 7.52 Å². The molecule has 0 N–H and O–H groups in total. The zero-order valence-corrected chi connectivity index (χ0v) is 12.7. The van der Waals surface area contributed by atoms with E-state index >= 15 is 0 Å². The molecule has 1 unspecified atom stereocenters. The SMILES string of the molecule is C=CC[P@]1(=O)O[C@H](c2ccccc2)C(C)N1C(C)C. The predicted molar refractivity (Wildman–Crippen MR) is 79.4 cm³/mol. The topological polar surface area (TPSA) is 29.5 Å². The molecule has 1 aliphatic heterocycles. The van der Waals surface area contributed by atoms with Crippen molar-refractivity contribution in [2.45, 2.75) is 39.0 Å². The number of rotatable bonds is 4. The van der Waals surface area contributed by atoms with Crippen LogP contribution in [0.25, 0.3) is 0 Å². The molecule has 1 aromatic rings. The molecule has 0 bridgehead atoms. The summed E-state index contributed by atoms with van der Waals surface area (Å²) in [5, 5.41) is 0. The lowest BCUT2D eigenvalue weighted by Crippen LogP contribution is -2.33. The van der Waals surface area contributed by atoms with Crippen molar-refractivity contribution in [2.75, 3.05) is 6.16 Å². The third-order valence-electron chi connectivity index (χ3n) is 3.50. The second-order valence-corrected chi connectivity index (χ2v) is 7.57. The van der Waals surface area contributed by atoms with Gasteiger partial charge in [0, 0.05) is 12.1 Å². The van der Waals surface area contributed by atoms with Crippen LogP contribution in [0.5, 0.6) is 0 Å². The maximum Gasteiger partial charge on any atom is 0.277 e. The Balaban J connectivity index is 2.36. The highest BCUT2D eigenvalue weighted by Crippen LogP contribution is 2.63. The summed E-state index contributed by atoms with van der Waals surface area (Å²) >= 11 is 0. The fourth-order valence-electron chi connectivity index (χ4n) is 2.84. The molecule has 0 aromatic heterocycles. The molecule has 2 rings (SSSR count). The molecule has 3 atom stereocenters. The second-order valence-electron chi connectivity index (χ2n) is 5.26. The van der Waals surface area contributed by atoms with Gasteiger partial charge in [-0.2, -0.15) is 0 Å². The maximum atomic E-state index is 13.0. The molecular weight excluding hydrogens is 257 g/mol. The van der Waals surface area contributed by atoms with Crippen molar-refractivity contribution in [1.82, 2.24) is 4.67 Å².